The van der Waals surface area contributed by atoms with Crippen molar-refractivity contribution in [1.29, 1.82) is 0 Å². The first-order valence-corrected chi connectivity index (χ1v) is 9.54. The summed E-state index contributed by atoms with van der Waals surface area (Å²) >= 11 is 0. The second kappa shape index (κ2) is 9.01. The van der Waals surface area contributed by atoms with Crippen LogP contribution in [-0.2, 0) is 20.7 Å². The van der Waals surface area contributed by atoms with E-state index in [1.54, 1.807) is 11.1 Å². The van der Waals surface area contributed by atoms with E-state index in [0.29, 0.717) is 50.3 Å². The van der Waals surface area contributed by atoms with Gasteiger partial charge >= 0.3 is 5.97 Å². The van der Waals surface area contributed by atoms with Crippen LogP contribution >= 0.6 is 0 Å². The number of ether oxygens (including phenoxy) is 1. The van der Waals surface area contributed by atoms with Crippen LogP contribution in [0.1, 0.15) is 31.6 Å². The molecule has 1 aromatic carbocycles. The molecule has 1 aliphatic rings. The number of likely N-dealkylation sites (tertiary alicyclic amines) is 1. The van der Waals surface area contributed by atoms with Gasteiger partial charge in [0.1, 0.15) is 5.41 Å². The molecule has 1 aliphatic heterocycles. The Balaban J connectivity index is 1.52. The van der Waals surface area contributed by atoms with Crippen molar-refractivity contribution in [2.24, 2.45) is 5.41 Å². The lowest BCUT2D eigenvalue weighted by Crippen LogP contribution is -2.52. The third kappa shape index (κ3) is 4.59. The number of carbonyl (C=O) groups is 2. The SMILES string of the molecule is COCC1(C(=O)O)CCCN(C(=O)CCCc2ncc(-c3ccccc3)o2)C1. The highest BCUT2D eigenvalue weighted by Gasteiger charge is 2.43. The second-order valence-corrected chi connectivity index (χ2v) is 7.28. The van der Waals surface area contributed by atoms with Crippen LogP contribution in [0, 0.1) is 5.41 Å². The van der Waals surface area contributed by atoms with Gasteiger partial charge < -0.3 is 19.2 Å². The molecule has 0 spiro atoms. The fourth-order valence-corrected chi connectivity index (χ4v) is 3.69. The lowest BCUT2D eigenvalue weighted by molar-refractivity contribution is -0.159. The van der Waals surface area contributed by atoms with E-state index in [1.807, 2.05) is 30.3 Å². The number of nitrogens with zero attached hydrogens (tertiary/aromatic N) is 2. The monoisotopic (exact) mass is 386 g/mol. The molecule has 7 heteroatoms. The van der Waals surface area contributed by atoms with Gasteiger partial charge in [-0.25, -0.2) is 4.98 Å². The molecule has 1 aromatic heterocycles. The van der Waals surface area contributed by atoms with E-state index in [4.69, 9.17) is 9.15 Å². The van der Waals surface area contributed by atoms with Crippen LogP contribution < -0.4 is 0 Å². The summed E-state index contributed by atoms with van der Waals surface area (Å²) in [6, 6.07) is 9.74. The number of carboxylic acids is 1. The number of aliphatic carboxylic acids is 1. The van der Waals surface area contributed by atoms with Crippen LogP contribution in [0.25, 0.3) is 11.3 Å². The predicted molar refractivity (Wildman–Crippen MR) is 103 cm³/mol. The Bertz CT molecular complexity index is 800. The van der Waals surface area contributed by atoms with Gasteiger partial charge in [-0.1, -0.05) is 30.3 Å². The fraction of sp³-hybridized carbons (Fsp3) is 0.476. The molecular formula is C21H26N2O5. The maximum absolute atomic E-state index is 12.6. The highest BCUT2D eigenvalue weighted by molar-refractivity contribution is 5.79. The average molecular weight is 386 g/mol. The topological polar surface area (TPSA) is 92.9 Å². The quantitative estimate of drug-likeness (QED) is 0.750. The van der Waals surface area contributed by atoms with E-state index in [2.05, 4.69) is 4.98 Å². The van der Waals surface area contributed by atoms with Crippen molar-refractivity contribution in [3.8, 4) is 11.3 Å². The number of rotatable bonds is 8. The van der Waals surface area contributed by atoms with Gasteiger partial charge in [-0.3, -0.25) is 9.59 Å². The van der Waals surface area contributed by atoms with Crippen molar-refractivity contribution < 1.29 is 23.8 Å². The Morgan fingerprint density at radius 3 is 2.82 bits per heavy atom. The normalized spacial score (nSPS) is 19.5. The first kappa shape index (κ1) is 20.1. The summed E-state index contributed by atoms with van der Waals surface area (Å²) in [5.41, 5.74) is -0.0377. The van der Waals surface area contributed by atoms with Crippen LogP contribution in [0.15, 0.2) is 40.9 Å². The number of carbonyl (C=O) groups excluding carboxylic acids is 1. The standard InChI is InChI=1S/C21H26N2O5/c1-27-15-21(20(25)26)11-6-12-23(14-21)19(24)10-5-9-18-22-13-17(28-18)16-7-3-2-4-8-16/h2-4,7-8,13H,5-6,9-12,14-15H2,1H3,(H,25,26). The number of piperidine rings is 1. The lowest BCUT2D eigenvalue weighted by Gasteiger charge is -2.39. The van der Waals surface area contributed by atoms with Crippen LogP contribution in [0.3, 0.4) is 0 Å². The van der Waals surface area contributed by atoms with E-state index < -0.39 is 11.4 Å². The first-order valence-electron chi connectivity index (χ1n) is 9.54. The van der Waals surface area contributed by atoms with Gasteiger partial charge in [0, 0.05) is 38.6 Å². The van der Waals surface area contributed by atoms with E-state index >= 15 is 0 Å². The number of hydrogen-bond acceptors (Lipinski definition) is 5. The van der Waals surface area contributed by atoms with Gasteiger partial charge in [0.25, 0.3) is 0 Å². The van der Waals surface area contributed by atoms with Crippen molar-refractivity contribution in [1.82, 2.24) is 9.88 Å². The molecule has 1 saturated heterocycles. The molecule has 0 bridgehead atoms. The summed E-state index contributed by atoms with van der Waals surface area (Å²) < 4.78 is 10.9. The Kier molecular flexibility index (Phi) is 6.46. The number of methoxy groups -OCH3 is 1. The highest BCUT2D eigenvalue weighted by atomic mass is 16.5. The number of hydrogen-bond donors (Lipinski definition) is 1. The van der Waals surface area contributed by atoms with Gasteiger partial charge in [-0.05, 0) is 19.3 Å². The molecule has 1 atom stereocenters. The van der Waals surface area contributed by atoms with Crippen molar-refractivity contribution in [3.63, 3.8) is 0 Å². The minimum Gasteiger partial charge on any atom is -0.481 e. The zero-order valence-electron chi connectivity index (χ0n) is 16.1. The summed E-state index contributed by atoms with van der Waals surface area (Å²) in [4.78, 5) is 30.2. The Labute approximate surface area is 164 Å². The fourth-order valence-electron chi connectivity index (χ4n) is 3.69. The molecule has 1 unspecified atom stereocenters. The van der Waals surface area contributed by atoms with E-state index in [9.17, 15) is 14.7 Å². The summed E-state index contributed by atoms with van der Waals surface area (Å²) in [6.45, 7) is 0.908. The van der Waals surface area contributed by atoms with Crippen molar-refractivity contribution in [2.75, 3.05) is 26.8 Å². The molecule has 3 rings (SSSR count). The van der Waals surface area contributed by atoms with Crippen molar-refractivity contribution in [2.45, 2.75) is 32.1 Å². The maximum atomic E-state index is 12.6. The van der Waals surface area contributed by atoms with Gasteiger partial charge in [0.05, 0.1) is 12.8 Å². The maximum Gasteiger partial charge on any atom is 0.313 e. The van der Waals surface area contributed by atoms with Crippen LogP contribution in [0.4, 0.5) is 0 Å². The average Bonchev–Trinajstić information content (AvgIpc) is 3.18. The lowest BCUT2D eigenvalue weighted by atomic mass is 9.80. The molecule has 150 valence electrons. The minimum absolute atomic E-state index is 0.0312. The van der Waals surface area contributed by atoms with Gasteiger partial charge in [0.15, 0.2) is 11.7 Å². The summed E-state index contributed by atoms with van der Waals surface area (Å²) in [5, 5.41) is 9.60. The number of oxazole rings is 1. The molecule has 2 aromatic rings. The van der Waals surface area contributed by atoms with Crippen molar-refractivity contribution in [3.05, 3.63) is 42.4 Å². The molecule has 7 nitrogen and oxygen atoms in total. The van der Waals surface area contributed by atoms with Crippen LogP contribution in [0.2, 0.25) is 0 Å². The predicted octanol–water partition coefficient (Wildman–Crippen LogP) is 3.00. The molecule has 0 saturated carbocycles. The van der Waals surface area contributed by atoms with Gasteiger partial charge in [-0.15, -0.1) is 0 Å². The smallest absolute Gasteiger partial charge is 0.313 e. The van der Waals surface area contributed by atoms with Crippen LogP contribution in [0.5, 0.6) is 0 Å². The third-order valence-electron chi connectivity index (χ3n) is 5.20. The number of benzene rings is 1. The Morgan fingerprint density at radius 1 is 1.32 bits per heavy atom. The molecule has 0 radical (unpaired) electrons. The molecule has 28 heavy (non-hydrogen) atoms. The zero-order chi connectivity index (χ0) is 20.0. The van der Waals surface area contributed by atoms with Crippen molar-refractivity contribution >= 4 is 11.9 Å². The number of aryl methyl sites for hydroxylation is 1. The molecule has 1 N–H and O–H groups in total. The van der Waals surface area contributed by atoms with E-state index in [1.165, 1.54) is 7.11 Å². The molecular weight excluding hydrogens is 360 g/mol. The van der Waals surface area contributed by atoms with Gasteiger partial charge in [0.2, 0.25) is 5.91 Å². The first-order chi connectivity index (χ1) is 13.5. The van der Waals surface area contributed by atoms with E-state index in [-0.39, 0.29) is 19.1 Å². The second-order valence-electron chi connectivity index (χ2n) is 7.28. The minimum atomic E-state index is -1.00. The molecule has 2 heterocycles. The Morgan fingerprint density at radius 2 is 2.11 bits per heavy atom. The molecule has 1 fully saturated rings. The van der Waals surface area contributed by atoms with Gasteiger partial charge in [-0.2, -0.15) is 0 Å². The highest BCUT2D eigenvalue weighted by Crippen LogP contribution is 2.31. The number of amides is 1. The van der Waals surface area contributed by atoms with Crippen LogP contribution in [-0.4, -0.2) is 53.7 Å². The Hall–Kier alpha value is -2.67. The zero-order valence-corrected chi connectivity index (χ0v) is 16.1. The van der Waals surface area contributed by atoms with E-state index in [0.717, 1.165) is 5.56 Å². The largest absolute Gasteiger partial charge is 0.481 e. The molecule has 0 aliphatic carbocycles. The third-order valence-corrected chi connectivity index (χ3v) is 5.20. The number of carboxylic acid groups (broad SMARTS) is 1. The number of aromatic nitrogens is 1. The summed E-state index contributed by atoms with van der Waals surface area (Å²) in [5.74, 6) is 0.379. The molecule has 1 amide bonds. The summed E-state index contributed by atoms with van der Waals surface area (Å²) in [7, 11) is 1.49. The summed E-state index contributed by atoms with van der Waals surface area (Å²) in [6.07, 6.45) is 4.40.